The van der Waals surface area contributed by atoms with Crippen LogP contribution in [0.2, 0.25) is 0 Å². The van der Waals surface area contributed by atoms with Crippen molar-refractivity contribution < 1.29 is 9.00 Å². The summed E-state index contributed by atoms with van der Waals surface area (Å²) >= 11 is 0. The number of hydrogen-bond acceptors (Lipinski definition) is 4. The highest BCUT2D eigenvalue weighted by molar-refractivity contribution is 7.82. The number of amides is 1. The van der Waals surface area contributed by atoms with E-state index in [1.807, 2.05) is 5.01 Å². The van der Waals surface area contributed by atoms with Crippen molar-refractivity contribution in [3.8, 4) is 0 Å². The van der Waals surface area contributed by atoms with Gasteiger partial charge in [0, 0.05) is 19.3 Å². The molecule has 1 N–H and O–H groups in total. The van der Waals surface area contributed by atoms with Gasteiger partial charge < -0.3 is 0 Å². The van der Waals surface area contributed by atoms with Crippen LogP contribution in [-0.2, 0) is 11.0 Å². The molecule has 1 amide bonds. The van der Waals surface area contributed by atoms with Crippen molar-refractivity contribution in [3.63, 3.8) is 0 Å². The molecule has 0 spiro atoms. The van der Waals surface area contributed by atoms with Gasteiger partial charge in [0.25, 0.3) is 5.91 Å². The summed E-state index contributed by atoms with van der Waals surface area (Å²) in [4.78, 5) is 15.8. The standard InChI is InChI=1S/C10H16N4O2S/c1-17(16)14-7-9(11-8-14)10(15)12-13-5-3-2-4-6-13/h7-8H,2-6H2,1H3,(H,12,15). The van der Waals surface area contributed by atoms with Crippen molar-refractivity contribution >= 4 is 16.9 Å². The highest BCUT2D eigenvalue weighted by Crippen LogP contribution is 2.06. The van der Waals surface area contributed by atoms with Gasteiger partial charge in [0.15, 0.2) is 0 Å². The van der Waals surface area contributed by atoms with Crippen LogP contribution in [0.15, 0.2) is 12.5 Å². The SMILES string of the molecule is CS(=O)n1cnc(C(=O)NN2CCCCC2)c1. The first-order chi connectivity index (χ1) is 8.16. The average Bonchev–Trinajstić information content (AvgIpc) is 2.79. The fourth-order valence-corrected chi connectivity index (χ4v) is 2.20. The second-order valence-corrected chi connectivity index (χ2v) is 5.30. The first-order valence-corrected chi connectivity index (χ1v) is 7.12. The van der Waals surface area contributed by atoms with Gasteiger partial charge in [-0.15, -0.1) is 0 Å². The molecule has 0 saturated carbocycles. The van der Waals surface area contributed by atoms with E-state index in [9.17, 15) is 9.00 Å². The number of nitrogens with one attached hydrogen (secondary N) is 1. The highest BCUT2D eigenvalue weighted by atomic mass is 32.2. The highest BCUT2D eigenvalue weighted by Gasteiger charge is 2.16. The number of aromatic nitrogens is 2. The molecule has 1 aliphatic rings. The molecule has 1 saturated heterocycles. The molecule has 1 aromatic rings. The van der Waals surface area contributed by atoms with Crippen LogP contribution in [0.3, 0.4) is 0 Å². The van der Waals surface area contributed by atoms with Crippen molar-refractivity contribution in [1.29, 1.82) is 0 Å². The van der Waals surface area contributed by atoms with Gasteiger partial charge in [-0.2, -0.15) is 0 Å². The molecule has 0 aliphatic carbocycles. The van der Waals surface area contributed by atoms with Gasteiger partial charge in [-0.05, 0) is 12.8 Å². The third-order valence-electron chi connectivity index (χ3n) is 2.71. The molecule has 7 heteroatoms. The third-order valence-corrected chi connectivity index (χ3v) is 3.50. The second-order valence-electron chi connectivity index (χ2n) is 4.03. The summed E-state index contributed by atoms with van der Waals surface area (Å²) in [6.07, 6.45) is 7.86. The predicted molar refractivity (Wildman–Crippen MR) is 64.6 cm³/mol. The average molecular weight is 256 g/mol. The number of rotatable bonds is 3. The largest absolute Gasteiger partial charge is 0.285 e. The summed E-state index contributed by atoms with van der Waals surface area (Å²) in [5.41, 5.74) is 3.10. The molecular formula is C10H16N4O2S. The number of piperidine rings is 1. The quantitative estimate of drug-likeness (QED) is 0.836. The zero-order chi connectivity index (χ0) is 12.3. The van der Waals surface area contributed by atoms with Gasteiger partial charge in [-0.1, -0.05) is 6.42 Å². The van der Waals surface area contributed by atoms with Crippen LogP contribution in [0.25, 0.3) is 0 Å². The molecule has 1 unspecified atom stereocenters. The number of hydrazine groups is 1. The fraction of sp³-hybridized carbons (Fsp3) is 0.600. The van der Waals surface area contributed by atoms with E-state index < -0.39 is 11.0 Å². The maximum Gasteiger partial charge on any atom is 0.285 e. The Morgan fingerprint density at radius 3 is 2.71 bits per heavy atom. The lowest BCUT2D eigenvalue weighted by Crippen LogP contribution is -2.45. The molecule has 2 rings (SSSR count). The Kier molecular flexibility index (Phi) is 3.90. The lowest BCUT2D eigenvalue weighted by atomic mass is 10.2. The van der Waals surface area contributed by atoms with E-state index in [-0.39, 0.29) is 5.91 Å². The molecule has 0 bridgehead atoms. The van der Waals surface area contributed by atoms with E-state index in [1.165, 1.54) is 29.2 Å². The van der Waals surface area contributed by atoms with Crippen LogP contribution in [0, 0.1) is 0 Å². The Hall–Kier alpha value is -1.21. The Balaban J connectivity index is 1.96. The van der Waals surface area contributed by atoms with E-state index in [0.29, 0.717) is 5.69 Å². The fourth-order valence-electron chi connectivity index (χ4n) is 1.77. The van der Waals surface area contributed by atoms with Crippen LogP contribution in [0.5, 0.6) is 0 Å². The lowest BCUT2D eigenvalue weighted by Gasteiger charge is -2.26. The minimum absolute atomic E-state index is 0.240. The number of hydrogen-bond donors (Lipinski definition) is 1. The first kappa shape index (κ1) is 12.3. The van der Waals surface area contributed by atoms with Gasteiger partial charge >= 0.3 is 0 Å². The summed E-state index contributed by atoms with van der Waals surface area (Å²) in [6.45, 7) is 1.76. The van der Waals surface area contributed by atoms with E-state index in [4.69, 9.17) is 0 Å². The van der Waals surface area contributed by atoms with Crippen molar-refractivity contribution in [2.75, 3.05) is 19.3 Å². The van der Waals surface area contributed by atoms with E-state index in [0.717, 1.165) is 25.9 Å². The van der Waals surface area contributed by atoms with E-state index in [1.54, 1.807) is 0 Å². The van der Waals surface area contributed by atoms with Crippen molar-refractivity contribution in [3.05, 3.63) is 18.2 Å². The summed E-state index contributed by atoms with van der Waals surface area (Å²) in [7, 11) is -1.17. The summed E-state index contributed by atoms with van der Waals surface area (Å²) in [5, 5.41) is 1.91. The Labute approximate surface area is 103 Å². The van der Waals surface area contributed by atoms with Gasteiger partial charge in [0.1, 0.15) is 23.0 Å². The first-order valence-electron chi connectivity index (χ1n) is 5.60. The molecule has 94 valence electrons. The van der Waals surface area contributed by atoms with Crippen LogP contribution >= 0.6 is 0 Å². The Bertz CT molecular complexity index is 426. The predicted octanol–water partition coefficient (Wildman–Crippen LogP) is 0.155. The molecule has 1 atom stereocenters. The van der Waals surface area contributed by atoms with Gasteiger partial charge in [-0.25, -0.2) is 14.2 Å². The molecule has 6 nitrogen and oxygen atoms in total. The molecular weight excluding hydrogens is 240 g/mol. The monoisotopic (exact) mass is 256 g/mol. The Morgan fingerprint density at radius 1 is 1.41 bits per heavy atom. The van der Waals surface area contributed by atoms with Crippen LogP contribution in [0.4, 0.5) is 0 Å². The van der Waals surface area contributed by atoms with Gasteiger partial charge in [0.2, 0.25) is 0 Å². The molecule has 2 heterocycles. The van der Waals surface area contributed by atoms with Crippen LogP contribution < -0.4 is 5.43 Å². The number of carbonyl (C=O) groups excluding carboxylic acids is 1. The summed E-state index contributed by atoms with van der Waals surface area (Å²) in [6, 6.07) is 0. The Morgan fingerprint density at radius 2 is 2.12 bits per heavy atom. The smallest absolute Gasteiger partial charge is 0.283 e. The molecule has 0 radical (unpaired) electrons. The maximum absolute atomic E-state index is 11.8. The minimum atomic E-state index is -1.17. The normalized spacial score (nSPS) is 18.9. The van der Waals surface area contributed by atoms with Crippen molar-refractivity contribution in [2.45, 2.75) is 19.3 Å². The van der Waals surface area contributed by atoms with E-state index >= 15 is 0 Å². The van der Waals surface area contributed by atoms with Gasteiger partial charge in [0.05, 0.1) is 6.20 Å². The minimum Gasteiger partial charge on any atom is -0.283 e. The van der Waals surface area contributed by atoms with Gasteiger partial charge in [-0.3, -0.25) is 14.2 Å². The molecule has 0 aromatic carbocycles. The number of carbonyl (C=O) groups is 1. The zero-order valence-electron chi connectivity index (χ0n) is 9.76. The van der Waals surface area contributed by atoms with Crippen molar-refractivity contribution in [1.82, 2.24) is 19.4 Å². The van der Waals surface area contributed by atoms with Crippen molar-refractivity contribution in [2.24, 2.45) is 0 Å². The lowest BCUT2D eigenvalue weighted by molar-refractivity contribution is 0.0745. The van der Waals surface area contributed by atoms with Crippen LogP contribution in [0.1, 0.15) is 29.8 Å². The molecule has 1 fully saturated rings. The number of imidazole rings is 1. The second kappa shape index (κ2) is 5.42. The molecule has 17 heavy (non-hydrogen) atoms. The third kappa shape index (κ3) is 3.13. The zero-order valence-corrected chi connectivity index (χ0v) is 10.6. The number of nitrogens with zero attached hydrogens (tertiary/aromatic N) is 3. The summed E-state index contributed by atoms with van der Waals surface area (Å²) < 4.78 is 12.6. The molecule has 1 aliphatic heterocycles. The summed E-state index contributed by atoms with van der Waals surface area (Å²) in [5.74, 6) is -0.240. The maximum atomic E-state index is 11.8. The van der Waals surface area contributed by atoms with E-state index in [2.05, 4.69) is 10.4 Å². The topological polar surface area (TPSA) is 67.2 Å². The van der Waals surface area contributed by atoms with Crippen LogP contribution in [-0.4, -0.2) is 43.4 Å². The molecule has 1 aromatic heterocycles.